The number of anilines is 2. The second-order valence-electron chi connectivity index (χ2n) is 2.85. The molecule has 3 nitrogen and oxygen atoms in total. The molecule has 0 aliphatic carbocycles. The van der Waals surface area contributed by atoms with Gasteiger partial charge < -0.3 is 10.6 Å². The number of carbonyl (C=O) groups excluding carboxylic acids is 1. The Kier molecular flexibility index (Phi) is 4.44. The molecular weight excluding hydrogens is 470 g/mol. The molecule has 2 rings (SSSR count). The Morgan fingerprint density at radius 3 is 1.69 bits per heavy atom. The maximum Gasteiger partial charge on any atom is 0.323 e. The number of urea groups is 1. The van der Waals surface area contributed by atoms with Crippen molar-refractivity contribution in [2.45, 2.75) is 0 Å². The van der Waals surface area contributed by atoms with Crippen LogP contribution in [0.25, 0.3) is 0 Å². The van der Waals surface area contributed by atoms with Crippen molar-refractivity contribution in [2.24, 2.45) is 0 Å². The number of halogens is 2. The summed E-state index contributed by atoms with van der Waals surface area (Å²) in [5.41, 5.74) is 1.71. The lowest BCUT2D eigenvalue weighted by molar-refractivity contribution is 0.262. The van der Waals surface area contributed by atoms with E-state index in [4.69, 9.17) is 0 Å². The van der Waals surface area contributed by atoms with Gasteiger partial charge in [-0.1, -0.05) is 0 Å². The topological polar surface area (TPSA) is 41.1 Å². The smallest absolute Gasteiger partial charge is 0.306 e. The van der Waals surface area contributed by atoms with Crippen molar-refractivity contribution in [3.63, 3.8) is 0 Å². The van der Waals surface area contributed by atoms with Crippen LogP contribution >= 0.6 is 67.9 Å². The van der Waals surface area contributed by atoms with Gasteiger partial charge in [-0.05, 0) is 45.2 Å². The van der Waals surface area contributed by atoms with Crippen molar-refractivity contribution in [1.29, 1.82) is 0 Å². The van der Waals surface area contributed by atoms with Gasteiger partial charge in [0.15, 0.2) is 0 Å². The fourth-order valence-corrected chi connectivity index (χ4v) is 4.17. The lowest BCUT2D eigenvalue weighted by atomic mass is 10.5. The zero-order valence-electron chi connectivity index (χ0n) is 7.79. The van der Waals surface area contributed by atoms with Crippen LogP contribution in [0.2, 0.25) is 0 Å². The van der Waals surface area contributed by atoms with Gasteiger partial charge in [-0.25, -0.2) is 4.79 Å². The number of nitrogens with one attached hydrogen (secondary N) is 2. The van der Waals surface area contributed by atoms with E-state index in [1.165, 1.54) is 0 Å². The second-order valence-corrected chi connectivity index (χ2v) is 6.66. The fraction of sp³-hybridized carbons (Fsp3) is 0. The van der Waals surface area contributed by atoms with Gasteiger partial charge in [0, 0.05) is 28.7 Å². The molecule has 0 atom stereocenters. The van der Waals surface area contributed by atoms with Gasteiger partial charge in [0.2, 0.25) is 0 Å². The third-order valence-electron chi connectivity index (χ3n) is 1.73. The summed E-state index contributed by atoms with van der Waals surface area (Å²) in [7, 11) is 0. The van der Waals surface area contributed by atoms with Crippen LogP contribution in [0, 0.1) is 7.14 Å². The van der Waals surface area contributed by atoms with Crippen LogP contribution in [0.5, 0.6) is 0 Å². The minimum absolute atomic E-state index is 0.201. The van der Waals surface area contributed by atoms with E-state index >= 15 is 0 Å². The highest BCUT2D eigenvalue weighted by molar-refractivity contribution is 14.1. The van der Waals surface area contributed by atoms with Crippen LogP contribution in [0.3, 0.4) is 0 Å². The Hall–Kier alpha value is 0.130. The Morgan fingerprint density at radius 2 is 1.38 bits per heavy atom. The molecule has 0 fully saturated rings. The molecule has 16 heavy (non-hydrogen) atoms. The SMILES string of the molecule is O=C(Nc1cscc1I)Nc1cscc1I. The molecule has 2 heterocycles. The highest BCUT2D eigenvalue weighted by Crippen LogP contribution is 2.24. The lowest BCUT2D eigenvalue weighted by Gasteiger charge is -2.05. The molecule has 2 N–H and O–H groups in total. The molecule has 84 valence electrons. The van der Waals surface area contributed by atoms with Gasteiger partial charge in [0.25, 0.3) is 0 Å². The van der Waals surface area contributed by atoms with Gasteiger partial charge in [0.05, 0.1) is 11.4 Å². The van der Waals surface area contributed by atoms with Crippen LogP contribution < -0.4 is 10.6 Å². The number of amides is 2. The summed E-state index contributed by atoms with van der Waals surface area (Å²) >= 11 is 7.53. The monoisotopic (exact) mass is 476 g/mol. The van der Waals surface area contributed by atoms with E-state index in [0.717, 1.165) is 18.5 Å². The third kappa shape index (κ3) is 3.08. The van der Waals surface area contributed by atoms with Crippen LogP contribution in [0.1, 0.15) is 0 Å². The molecule has 0 aromatic carbocycles. The van der Waals surface area contributed by atoms with Gasteiger partial charge in [-0.2, -0.15) is 0 Å². The molecule has 0 saturated heterocycles. The van der Waals surface area contributed by atoms with Crippen molar-refractivity contribution >= 4 is 85.3 Å². The molecular formula is C9H6I2N2OS2. The minimum atomic E-state index is -0.201. The molecule has 2 aromatic rings. The molecule has 0 spiro atoms. The molecule has 2 aromatic heterocycles. The molecule has 0 aliphatic heterocycles. The van der Waals surface area contributed by atoms with Crippen molar-refractivity contribution in [2.75, 3.05) is 10.6 Å². The normalized spacial score (nSPS) is 10.1. The Balaban J connectivity index is 2.00. The molecule has 0 aliphatic rings. The van der Waals surface area contributed by atoms with Crippen LogP contribution in [-0.4, -0.2) is 6.03 Å². The maximum absolute atomic E-state index is 11.7. The molecule has 0 saturated carbocycles. The maximum atomic E-state index is 11.7. The van der Waals surface area contributed by atoms with Crippen LogP contribution in [0.4, 0.5) is 16.2 Å². The lowest BCUT2D eigenvalue weighted by Crippen LogP contribution is -2.19. The van der Waals surface area contributed by atoms with Crippen molar-refractivity contribution in [1.82, 2.24) is 0 Å². The number of hydrogen-bond donors (Lipinski definition) is 2. The molecule has 2 amide bonds. The first-order chi connectivity index (χ1) is 7.66. The first-order valence-electron chi connectivity index (χ1n) is 4.18. The second kappa shape index (κ2) is 5.65. The van der Waals surface area contributed by atoms with Crippen LogP contribution in [0.15, 0.2) is 21.5 Å². The number of rotatable bonds is 2. The van der Waals surface area contributed by atoms with Gasteiger partial charge >= 0.3 is 6.03 Å². The minimum Gasteiger partial charge on any atom is -0.306 e. The summed E-state index contributed by atoms with van der Waals surface area (Å²) in [5.74, 6) is 0. The molecule has 0 unspecified atom stereocenters. The van der Waals surface area contributed by atoms with E-state index in [0.29, 0.717) is 0 Å². The standard InChI is InChI=1S/C9H6I2N2OS2/c10-5-1-15-3-7(5)12-9(14)13-8-4-16-2-6(8)11/h1-4H,(H2,12,13,14). The Labute approximate surface area is 128 Å². The average molecular weight is 476 g/mol. The molecule has 7 heteroatoms. The van der Waals surface area contributed by atoms with E-state index in [9.17, 15) is 4.79 Å². The summed E-state index contributed by atoms with van der Waals surface area (Å²) in [6, 6.07) is -0.201. The number of carbonyl (C=O) groups is 1. The summed E-state index contributed by atoms with van der Waals surface area (Å²) < 4.78 is 2.11. The van der Waals surface area contributed by atoms with Gasteiger partial charge in [0.1, 0.15) is 0 Å². The van der Waals surface area contributed by atoms with E-state index in [-0.39, 0.29) is 6.03 Å². The fourth-order valence-electron chi connectivity index (χ4n) is 1.02. The number of hydrogen-bond acceptors (Lipinski definition) is 3. The predicted octanol–water partition coefficient (Wildman–Crippen LogP) is 4.66. The summed E-state index contributed by atoms with van der Waals surface area (Å²) in [4.78, 5) is 11.7. The van der Waals surface area contributed by atoms with E-state index in [1.807, 2.05) is 21.5 Å². The predicted molar refractivity (Wildman–Crippen MR) is 86.7 cm³/mol. The first-order valence-corrected chi connectivity index (χ1v) is 8.22. The van der Waals surface area contributed by atoms with Gasteiger partial charge in [-0.3, -0.25) is 0 Å². The van der Waals surface area contributed by atoms with Crippen molar-refractivity contribution in [3.05, 3.63) is 28.7 Å². The zero-order chi connectivity index (χ0) is 11.5. The van der Waals surface area contributed by atoms with Crippen LogP contribution in [-0.2, 0) is 0 Å². The van der Waals surface area contributed by atoms with Crippen molar-refractivity contribution < 1.29 is 4.79 Å². The van der Waals surface area contributed by atoms with Gasteiger partial charge in [-0.15, -0.1) is 22.7 Å². The number of thiophene rings is 2. The van der Waals surface area contributed by atoms with E-state index in [1.54, 1.807) is 22.7 Å². The quantitative estimate of drug-likeness (QED) is 0.609. The summed E-state index contributed by atoms with van der Waals surface area (Å²) in [6.45, 7) is 0. The summed E-state index contributed by atoms with van der Waals surface area (Å²) in [5, 5.41) is 13.4. The molecule has 0 bridgehead atoms. The zero-order valence-corrected chi connectivity index (χ0v) is 13.7. The Morgan fingerprint density at radius 1 is 0.938 bits per heavy atom. The van der Waals surface area contributed by atoms with E-state index < -0.39 is 0 Å². The van der Waals surface area contributed by atoms with E-state index in [2.05, 4.69) is 55.8 Å². The average Bonchev–Trinajstić information content (AvgIpc) is 2.79. The highest BCUT2D eigenvalue weighted by atomic mass is 127. The third-order valence-corrected chi connectivity index (χ3v) is 5.84. The Bertz CT molecular complexity index is 465. The first kappa shape index (κ1) is 12.6. The largest absolute Gasteiger partial charge is 0.323 e. The van der Waals surface area contributed by atoms with Crippen molar-refractivity contribution in [3.8, 4) is 0 Å². The highest BCUT2D eigenvalue weighted by Gasteiger charge is 2.08. The molecule has 0 radical (unpaired) electrons. The summed E-state index contributed by atoms with van der Waals surface area (Å²) in [6.07, 6.45) is 0.